The monoisotopic (exact) mass is 550 g/mol. The molecule has 0 heterocycles. The molecule has 0 aliphatic rings. The third-order valence-electron chi connectivity index (χ3n) is 8.23. The van der Waals surface area contributed by atoms with Crippen molar-refractivity contribution in [3.8, 4) is 0 Å². The molecule has 0 aromatic carbocycles. The lowest BCUT2D eigenvalue weighted by atomic mass is 10.0. The quantitative estimate of drug-likeness (QED) is 0.0493. The van der Waals surface area contributed by atoms with Crippen LogP contribution >= 0.6 is 0 Å². The minimum atomic E-state index is -0.653. The van der Waals surface area contributed by atoms with Crippen molar-refractivity contribution >= 4 is 12.0 Å². The number of unbranched alkanes of at least 4 members (excludes halogenated alkanes) is 30. The maximum absolute atomic E-state index is 10.5. The number of carboxylic acids is 1. The summed E-state index contributed by atoms with van der Waals surface area (Å²) in [6.07, 6.45) is 44.0. The van der Waals surface area contributed by atoms with E-state index < -0.39 is 5.97 Å². The van der Waals surface area contributed by atoms with Crippen molar-refractivity contribution in [2.24, 2.45) is 4.99 Å². The van der Waals surface area contributed by atoms with Crippen LogP contribution in [0.4, 0.5) is 0 Å². The Balaban J connectivity index is 3.04. The molecule has 0 unspecified atom stereocenters. The van der Waals surface area contributed by atoms with Gasteiger partial charge in [-0.1, -0.05) is 186 Å². The molecule has 230 valence electrons. The van der Waals surface area contributed by atoms with E-state index in [4.69, 9.17) is 5.11 Å². The van der Waals surface area contributed by atoms with Crippen molar-refractivity contribution in [1.82, 2.24) is 0 Å². The van der Waals surface area contributed by atoms with Crippen molar-refractivity contribution in [3.63, 3.8) is 0 Å². The topological polar surface area (TPSA) is 66.7 Å². The molecule has 0 radical (unpaired) electrons. The summed E-state index contributed by atoms with van der Waals surface area (Å²) in [5.74, 6) is -0.653. The zero-order valence-corrected chi connectivity index (χ0v) is 26.0. The number of hydrogen-bond acceptors (Lipinski definition) is 3. The van der Waals surface area contributed by atoms with E-state index in [0.717, 1.165) is 19.3 Å². The summed E-state index contributed by atoms with van der Waals surface area (Å²) in [6.45, 7) is 0.662. The molecule has 0 atom stereocenters. The summed E-state index contributed by atoms with van der Waals surface area (Å²) in [5.41, 5.74) is 0. The fraction of sp³-hybridized carbons (Fsp3) is 0.943. The van der Waals surface area contributed by atoms with E-state index in [2.05, 4.69) is 4.99 Å². The minimum absolute atomic E-state index is 0.341. The number of aliphatic carboxylic acids is 1. The van der Waals surface area contributed by atoms with Crippen molar-refractivity contribution < 1.29 is 14.7 Å². The van der Waals surface area contributed by atoms with Gasteiger partial charge in [0.25, 0.3) is 0 Å². The Labute approximate surface area is 243 Å². The van der Waals surface area contributed by atoms with Gasteiger partial charge < -0.3 is 5.11 Å². The fourth-order valence-electron chi connectivity index (χ4n) is 5.64. The van der Waals surface area contributed by atoms with Crippen molar-refractivity contribution in [2.45, 2.75) is 205 Å². The fourth-order valence-corrected chi connectivity index (χ4v) is 5.64. The van der Waals surface area contributed by atoms with Crippen LogP contribution in [0.3, 0.4) is 0 Å². The third-order valence-corrected chi connectivity index (χ3v) is 8.23. The zero-order valence-electron chi connectivity index (χ0n) is 26.0. The van der Waals surface area contributed by atoms with E-state index >= 15 is 0 Å². The number of carbonyl (C=O) groups excluding carboxylic acids is 1. The van der Waals surface area contributed by atoms with Gasteiger partial charge in [-0.3, -0.25) is 4.79 Å². The van der Waals surface area contributed by atoms with Gasteiger partial charge in [-0.05, 0) is 12.8 Å². The molecular formula is C35H67NO3. The van der Waals surface area contributed by atoms with E-state index in [-0.39, 0.29) is 0 Å². The standard InChI is InChI=1S/C35H67NO3/c37-34-36-33-31-29-27-25-23-21-19-17-15-13-11-9-7-5-3-1-2-4-6-8-10-12-14-16-18-20-22-24-26-28-30-32-35(38)39/h1-33H2,(H,38,39). The zero-order chi connectivity index (χ0) is 28.3. The summed E-state index contributed by atoms with van der Waals surface area (Å²) in [4.78, 5) is 24.1. The molecule has 0 rings (SSSR count). The molecule has 39 heavy (non-hydrogen) atoms. The molecule has 0 bridgehead atoms. The highest BCUT2D eigenvalue weighted by Crippen LogP contribution is 2.16. The second-order valence-electron chi connectivity index (χ2n) is 12.1. The number of aliphatic imine (C=N–C) groups is 1. The second kappa shape index (κ2) is 34.9. The third kappa shape index (κ3) is 36.9. The molecule has 0 spiro atoms. The average molecular weight is 550 g/mol. The minimum Gasteiger partial charge on any atom is -0.481 e. The first-order valence-corrected chi connectivity index (χ1v) is 17.5. The molecule has 0 aliphatic heterocycles. The van der Waals surface area contributed by atoms with Crippen LogP contribution in [0.1, 0.15) is 205 Å². The predicted molar refractivity (Wildman–Crippen MR) is 168 cm³/mol. The van der Waals surface area contributed by atoms with E-state index in [1.165, 1.54) is 180 Å². The maximum Gasteiger partial charge on any atom is 0.303 e. The summed E-state index contributed by atoms with van der Waals surface area (Å²) in [5, 5.41) is 8.63. The smallest absolute Gasteiger partial charge is 0.303 e. The van der Waals surface area contributed by atoms with E-state index in [9.17, 15) is 9.59 Å². The molecule has 0 saturated heterocycles. The van der Waals surface area contributed by atoms with Crippen LogP contribution < -0.4 is 0 Å². The molecule has 0 fully saturated rings. The SMILES string of the molecule is O=C=NCCCCCCCCCCCCCCCCCCCCCCCCCCCCCCCCCC(=O)O. The molecule has 0 aromatic heterocycles. The lowest BCUT2D eigenvalue weighted by Gasteiger charge is -2.04. The van der Waals surface area contributed by atoms with Crippen LogP contribution in [0.5, 0.6) is 0 Å². The summed E-state index contributed by atoms with van der Waals surface area (Å²) in [7, 11) is 0. The van der Waals surface area contributed by atoms with E-state index in [0.29, 0.717) is 13.0 Å². The highest BCUT2D eigenvalue weighted by molar-refractivity contribution is 5.66. The van der Waals surface area contributed by atoms with Gasteiger partial charge >= 0.3 is 5.97 Å². The predicted octanol–water partition coefficient (Wildman–Crippen LogP) is 11.9. The van der Waals surface area contributed by atoms with Gasteiger partial charge in [0.05, 0.1) is 6.54 Å². The Hall–Kier alpha value is -1.15. The van der Waals surface area contributed by atoms with Gasteiger partial charge in [-0.2, -0.15) is 0 Å². The molecule has 0 saturated carbocycles. The van der Waals surface area contributed by atoms with E-state index in [1.54, 1.807) is 6.08 Å². The van der Waals surface area contributed by atoms with Crippen LogP contribution in [-0.2, 0) is 9.59 Å². The molecule has 0 aliphatic carbocycles. The molecule has 0 amide bonds. The van der Waals surface area contributed by atoms with Gasteiger partial charge in [-0.25, -0.2) is 9.79 Å². The first kappa shape index (κ1) is 37.9. The largest absolute Gasteiger partial charge is 0.481 e. The normalized spacial score (nSPS) is 11.1. The number of rotatable bonds is 34. The van der Waals surface area contributed by atoms with Crippen LogP contribution in [-0.4, -0.2) is 23.7 Å². The molecule has 4 nitrogen and oxygen atoms in total. The summed E-state index contributed by atoms with van der Waals surface area (Å²) >= 11 is 0. The first-order valence-electron chi connectivity index (χ1n) is 17.5. The Morgan fingerprint density at radius 1 is 0.385 bits per heavy atom. The van der Waals surface area contributed by atoms with Crippen LogP contribution in [0, 0.1) is 0 Å². The van der Waals surface area contributed by atoms with Gasteiger partial charge in [0.1, 0.15) is 0 Å². The van der Waals surface area contributed by atoms with Crippen molar-refractivity contribution in [3.05, 3.63) is 0 Å². The molecule has 1 N–H and O–H groups in total. The number of isocyanates is 1. The second-order valence-corrected chi connectivity index (χ2v) is 12.1. The van der Waals surface area contributed by atoms with Gasteiger partial charge in [0.2, 0.25) is 6.08 Å². The number of carbonyl (C=O) groups is 1. The Morgan fingerprint density at radius 2 is 0.590 bits per heavy atom. The van der Waals surface area contributed by atoms with Crippen LogP contribution in [0.2, 0.25) is 0 Å². The van der Waals surface area contributed by atoms with Gasteiger partial charge in [0, 0.05) is 6.42 Å². The van der Waals surface area contributed by atoms with Crippen molar-refractivity contribution in [2.75, 3.05) is 6.54 Å². The lowest BCUT2D eigenvalue weighted by Crippen LogP contribution is -1.93. The molecule has 0 aromatic rings. The van der Waals surface area contributed by atoms with Crippen molar-refractivity contribution in [1.29, 1.82) is 0 Å². The van der Waals surface area contributed by atoms with Crippen LogP contribution in [0.15, 0.2) is 4.99 Å². The highest BCUT2D eigenvalue weighted by atomic mass is 16.4. The Morgan fingerprint density at radius 3 is 0.795 bits per heavy atom. The summed E-state index contributed by atoms with van der Waals surface area (Å²) < 4.78 is 0. The highest BCUT2D eigenvalue weighted by Gasteiger charge is 1.98. The van der Waals surface area contributed by atoms with E-state index in [1.807, 2.05) is 0 Å². The number of hydrogen-bond donors (Lipinski definition) is 1. The van der Waals surface area contributed by atoms with Gasteiger partial charge in [0.15, 0.2) is 0 Å². The molecule has 4 heteroatoms. The van der Waals surface area contributed by atoms with Crippen LogP contribution in [0.25, 0.3) is 0 Å². The molecular weight excluding hydrogens is 482 g/mol. The average Bonchev–Trinajstić information content (AvgIpc) is 2.93. The number of nitrogens with zero attached hydrogens (tertiary/aromatic N) is 1. The van der Waals surface area contributed by atoms with Gasteiger partial charge in [-0.15, -0.1) is 0 Å². The number of carboxylic acid groups (broad SMARTS) is 1. The Bertz CT molecular complexity index is 498. The Kier molecular flexibility index (Phi) is 33.8. The maximum atomic E-state index is 10.5. The summed E-state index contributed by atoms with van der Waals surface area (Å²) in [6, 6.07) is 0. The first-order chi connectivity index (χ1) is 19.3. The lowest BCUT2D eigenvalue weighted by molar-refractivity contribution is -0.137.